The van der Waals surface area contributed by atoms with E-state index >= 15 is 0 Å². The summed E-state index contributed by atoms with van der Waals surface area (Å²) in [7, 11) is 0. The zero-order chi connectivity index (χ0) is 12.7. The van der Waals surface area contributed by atoms with Crippen molar-refractivity contribution in [3.63, 3.8) is 0 Å². The first kappa shape index (κ1) is 14.6. The van der Waals surface area contributed by atoms with Gasteiger partial charge in [-0.15, -0.1) is 0 Å². The van der Waals surface area contributed by atoms with Gasteiger partial charge in [0.1, 0.15) is 0 Å². The van der Waals surface area contributed by atoms with E-state index < -0.39 is 5.60 Å². The maximum atomic E-state index is 11.6. The molecule has 2 amide bonds. The number of amides is 2. The lowest BCUT2D eigenvalue weighted by atomic mass is 9.96. The lowest BCUT2D eigenvalue weighted by molar-refractivity contribution is 0.0867. The number of rotatable bonds is 5. The molecule has 0 unspecified atom stereocenters. The van der Waals surface area contributed by atoms with Gasteiger partial charge in [-0.25, -0.2) is 4.79 Å². The van der Waals surface area contributed by atoms with Crippen LogP contribution in [0.1, 0.15) is 39.0 Å². The van der Waals surface area contributed by atoms with Crippen molar-refractivity contribution in [1.29, 1.82) is 0 Å². The van der Waals surface area contributed by atoms with Crippen LogP contribution in [0.15, 0.2) is 0 Å². The quantitative estimate of drug-likeness (QED) is 0.705. The number of urea groups is 1. The van der Waals surface area contributed by atoms with Crippen molar-refractivity contribution in [2.75, 3.05) is 18.6 Å². The van der Waals surface area contributed by atoms with Gasteiger partial charge in [-0.2, -0.15) is 11.8 Å². The summed E-state index contributed by atoms with van der Waals surface area (Å²) in [4.78, 5) is 11.6. The van der Waals surface area contributed by atoms with Crippen molar-refractivity contribution >= 4 is 17.8 Å². The highest BCUT2D eigenvalue weighted by Crippen LogP contribution is 2.17. The minimum Gasteiger partial charge on any atom is -0.387 e. The fourth-order valence-corrected chi connectivity index (χ4v) is 2.84. The molecule has 0 spiro atoms. The highest BCUT2D eigenvalue weighted by atomic mass is 32.2. The summed E-state index contributed by atoms with van der Waals surface area (Å²) in [6.45, 7) is 2.04. The first-order valence-electron chi connectivity index (χ1n) is 6.29. The number of hydrogen-bond acceptors (Lipinski definition) is 3. The number of hydrogen-bond donors (Lipinski definition) is 3. The number of nitrogens with one attached hydrogen (secondary N) is 2. The van der Waals surface area contributed by atoms with E-state index in [0.717, 1.165) is 12.8 Å². The van der Waals surface area contributed by atoms with Crippen LogP contribution < -0.4 is 10.6 Å². The first-order valence-corrected chi connectivity index (χ1v) is 7.68. The fraction of sp³-hybridized carbons (Fsp3) is 0.917. The van der Waals surface area contributed by atoms with Gasteiger partial charge in [-0.3, -0.25) is 0 Å². The van der Waals surface area contributed by atoms with Crippen molar-refractivity contribution in [3.8, 4) is 0 Å². The van der Waals surface area contributed by atoms with E-state index in [9.17, 15) is 9.90 Å². The molecule has 0 heterocycles. The van der Waals surface area contributed by atoms with Crippen molar-refractivity contribution in [2.45, 2.75) is 50.7 Å². The van der Waals surface area contributed by atoms with Crippen molar-refractivity contribution < 1.29 is 9.90 Å². The number of aliphatic hydroxyl groups is 1. The molecule has 100 valence electrons. The van der Waals surface area contributed by atoms with Crippen LogP contribution in [0.2, 0.25) is 0 Å². The van der Waals surface area contributed by atoms with E-state index in [0.29, 0.717) is 18.3 Å². The maximum absolute atomic E-state index is 11.6. The topological polar surface area (TPSA) is 61.4 Å². The highest BCUT2D eigenvalue weighted by molar-refractivity contribution is 7.98. The Bertz CT molecular complexity index is 241. The molecule has 0 aromatic carbocycles. The Hall–Kier alpha value is -0.420. The Kier molecular flexibility index (Phi) is 6.12. The second-order valence-corrected chi connectivity index (χ2v) is 5.96. The standard InChI is InChI=1S/C12H24N2O2S/c1-12(16,9-17-2)8-13-11(15)14-10-6-4-3-5-7-10/h10,16H,3-9H2,1-2H3,(H2,13,14,15)/t12-/m0/s1. The Morgan fingerprint density at radius 1 is 1.41 bits per heavy atom. The molecular weight excluding hydrogens is 236 g/mol. The highest BCUT2D eigenvalue weighted by Gasteiger charge is 2.21. The van der Waals surface area contributed by atoms with Crippen LogP contribution in [0.4, 0.5) is 4.79 Å². The third-order valence-corrected chi connectivity index (χ3v) is 3.94. The van der Waals surface area contributed by atoms with Gasteiger partial charge in [0.15, 0.2) is 0 Å². The molecule has 1 fully saturated rings. The summed E-state index contributed by atoms with van der Waals surface area (Å²) >= 11 is 1.57. The lowest BCUT2D eigenvalue weighted by Crippen LogP contribution is -2.48. The summed E-state index contributed by atoms with van der Waals surface area (Å²) in [6.07, 6.45) is 7.78. The van der Waals surface area contributed by atoms with Crippen LogP contribution in [-0.4, -0.2) is 41.3 Å². The molecule has 4 nitrogen and oxygen atoms in total. The van der Waals surface area contributed by atoms with E-state index in [1.54, 1.807) is 18.7 Å². The monoisotopic (exact) mass is 260 g/mol. The summed E-state index contributed by atoms with van der Waals surface area (Å²) in [5.74, 6) is 0.622. The van der Waals surface area contributed by atoms with Crippen LogP contribution >= 0.6 is 11.8 Å². The molecular formula is C12H24N2O2S. The predicted molar refractivity (Wildman–Crippen MR) is 72.4 cm³/mol. The van der Waals surface area contributed by atoms with Gasteiger partial charge in [0.2, 0.25) is 0 Å². The fourth-order valence-electron chi connectivity index (χ4n) is 2.12. The minimum absolute atomic E-state index is 0.154. The van der Waals surface area contributed by atoms with Crippen LogP contribution in [0.25, 0.3) is 0 Å². The van der Waals surface area contributed by atoms with Gasteiger partial charge < -0.3 is 15.7 Å². The Balaban J connectivity index is 2.20. The average Bonchev–Trinajstić information content (AvgIpc) is 2.28. The molecule has 3 N–H and O–H groups in total. The number of carbonyl (C=O) groups excluding carboxylic acids is 1. The van der Waals surface area contributed by atoms with Gasteiger partial charge in [0.05, 0.1) is 5.60 Å². The molecule has 0 aliphatic heterocycles. The van der Waals surface area contributed by atoms with E-state index in [-0.39, 0.29) is 6.03 Å². The van der Waals surface area contributed by atoms with Crippen LogP contribution in [0.5, 0.6) is 0 Å². The zero-order valence-corrected chi connectivity index (χ0v) is 11.6. The molecule has 5 heteroatoms. The summed E-state index contributed by atoms with van der Waals surface area (Å²) < 4.78 is 0. The smallest absolute Gasteiger partial charge is 0.315 e. The van der Waals surface area contributed by atoms with Crippen molar-refractivity contribution in [3.05, 3.63) is 0 Å². The molecule has 0 radical (unpaired) electrons. The molecule has 0 aromatic rings. The van der Waals surface area contributed by atoms with Crippen LogP contribution in [0, 0.1) is 0 Å². The maximum Gasteiger partial charge on any atom is 0.315 e. The van der Waals surface area contributed by atoms with Gasteiger partial charge in [-0.1, -0.05) is 19.3 Å². The predicted octanol–water partition coefficient (Wildman–Crippen LogP) is 1.73. The molecule has 1 aliphatic rings. The second kappa shape index (κ2) is 7.11. The molecule has 1 rings (SSSR count). The summed E-state index contributed by atoms with van der Waals surface area (Å²) in [5.41, 5.74) is -0.830. The normalized spacial score (nSPS) is 20.6. The number of carbonyl (C=O) groups is 1. The second-order valence-electron chi connectivity index (χ2n) is 5.09. The third-order valence-electron chi connectivity index (χ3n) is 3.03. The average molecular weight is 260 g/mol. The molecule has 0 saturated heterocycles. The largest absolute Gasteiger partial charge is 0.387 e. The van der Waals surface area contributed by atoms with Gasteiger partial charge in [0.25, 0.3) is 0 Å². The van der Waals surface area contributed by atoms with E-state index in [2.05, 4.69) is 10.6 Å². The lowest BCUT2D eigenvalue weighted by Gasteiger charge is -2.25. The molecule has 0 bridgehead atoms. The Labute approximate surface area is 108 Å². The molecule has 0 aromatic heterocycles. The van der Waals surface area contributed by atoms with Gasteiger partial charge >= 0.3 is 6.03 Å². The Morgan fingerprint density at radius 2 is 2.06 bits per heavy atom. The van der Waals surface area contributed by atoms with E-state index in [1.165, 1.54) is 19.3 Å². The zero-order valence-electron chi connectivity index (χ0n) is 10.8. The van der Waals surface area contributed by atoms with E-state index in [1.807, 2.05) is 6.26 Å². The van der Waals surface area contributed by atoms with Gasteiger partial charge in [0, 0.05) is 18.3 Å². The first-order chi connectivity index (χ1) is 8.03. The number of thioether (sulfide) groups is 1. The van der Waals surface area contributed by atoms with Gasteiger partial charge in [-0.05, 0) is 26.0 Å². The Morgan fingerprint density at radius 3 is 2.65 bits per heavy atom. The molecule has 1 atom stereocenters. The SMILES string of the molecule is CSC[C@@](C)(O)CNC(=O)NC1CCCCC1. The molecule has 17 heavy (non-hydrogen) atoms. The van der Waals surface area contributed by atoms with Crippen LogP contribution in [0.3, 0.4) is 0 Å². The molecule has 1 aliphatic carbocycles. The third kappa shape index (κ3) is 6.17. The summed E-state index contributed by atoms with van der Waals surface area (Å²) in [5, 5.41) is 15.6. The molecule has 1 saturated carbocycles. The van der Waals surface area contributed by atoms with Crippen molar-refractivity contribution in [2.24, 2.45) is 0 Å². The minimum atomic E-state index is -0.830. The van der Waals surface area contributed by atoms with Crippen LogP contribution in [-0.2, 0) is 0 Å². The van der Waals surface area contributed by atoms with E-state index in [4.69, 9.17) is 0 Å². The van der Waals surface area contributed by atoms with Crippen molar-refractivity contribution in [1.82, 2.24) is 10.6 Å². The summed E-state index contributed by atoms with van der Waals surface area (Å²) in [6, 6.07) is 0.160.